The molecule has 32 heavy (non-hydrogen) atoms. The molecule has 1 amide bonds. The van der Waals surface area contributed by atoms with Crippen molar-refractivity contribution in [3.05, 3.63) is 70.1 Å². The second-order valence-corrected chi connectivity index (χ2v) is 8.57. The minimum absolute atomic E-state index is 0. The second-order valence-electron chi connectivity index (χ2n) is 8.57. The molecule has 1 unspecified atom stereocenters. The molecule has 8 heteroatoms. The number of carbonyl (C=O) groups excluding carboxylic acids is 1. The van der Waals surface area contributed by atoms with Crippen LogP contribution in [0.1, 0.15) is 36.4 Å². The van der Waals surface area contributed by atoms with Crippen molar-refractivity contribution in [1.29, 1.82) is 0 Å². The van der Waals surface area contributed by atoms with E-state index in [0.29, 0.717) is 30.2 Å². The fourth-order valence-electron chi connectivity index (χ4n) is 5.29. The molecule has 5 rings (SSSR count). The van der Waals surface area contributed by atoms with Crippen LogP contribution < -0.4 is 11.0 Å². The van der Waals surface area contributed by atoms with Gasteiger partial charge in [-0.25, -0.2) is 9.18 Å². The normalized spacial score (nSPS) is 20.0. The smallest absolute Gasteiger partial charge is 0.332 e. The van der Waals surface area contributed by atoms with Gasteiger partial charge in [0.25, 0.3) is 0 Å². The summed E-state index contributed by atoms with van der Waals surface area (Å²) in [7, 11) is 1.53. The molecule has 0 spiro atoms. The Kier molecular flexibility index (Phi) is 6.14. The predicted octanol–water partition coefficient (Wildman–Crippen LogP) is 3.38. The molecule has 0 radical (unpaired) electrons. The van der Waals surface area contributed by atoms with Gasteiger partial charge in [0.05, 0.1) is 11.0 Å². The van der Waals surface area contributed by atoms with Gasteiger partial charge in [-0.2, -0.15) is 0 Å². The highest BCUT2D eigenvalue weighted by molar-refractivity contribution is 5.85. The molecule has 1 aliphatic carbocycles. The number of likely N-dealkylation sites (tertiary alicyclic amines) is 1. The number of fused-ring (bicyclic) bond motifs is 2. The van der Waals surface area contributed by atoms with Gasteiger partial charge < -0.3 is 5.32 Å². The van der Waals surface area contributed by atoms with Crippen LogP contribution in [0, 0.1) is 0 Å². The van der Waals surface area contributed by atoms with Gasteiger partial charge in [-0.15, -0.1) is 12.4 Å². The van der Waals surface area contributed by atoms with Crippen LogP contribution in [0.3, 0.4) is 0 Å². The van der Waals surface area contributed by atoms with E-state index in [1.54, 1.807) is 24.3 Å². The molecule has 2 aromatic carbocycles. The summed E-state index contributed by atoms with van der Waals surface area (Å²) in [6.45, 7) is 1.07. The molecule has 1 aliphatic heterocycles. The number of piperidine rings is 1. The van der Waals surface area contributed by atoms with E-state index < -0.39 is 11.5 Å². The summed E-state index contributed by atoms with van der Waals surface area (Å²) in [5.41, 5.74) is 3.40. The van der Waals surface area contributed by atoms with Crippen molar-refractivity contribution in [3.63, 3.8) is 0 Å². The van der Waals surface area contributed by atoms with Crippen LogP contribution in [0.2, 0.25) is 0 Å². The third-order valence-electron chi connectivity index (χ3n) is 6.92. The third-order valence-corrected chi connectivity index (χ3v) is 6.92. The molecule has 6 nitrogen and oxygen atoms in total. The number of para-hydroxylation sites is 2. The minimum Gasteiger partial charge on any atom is -0.358 e. The Morgan fingerprint density at radius 1 is 1.09 bits per heavy atom. The standard InChI is InChI=1S/C24H27FN4O2.ClH/c1-26-22(30)16-28-20-8-4-5-9-21(20)29(23(28)31)24(25)12-14-27(15-13-24)19-11-10-17-6-2-3-7-18(17)19;/h2-9,19H,10-16H2,1H3,(H,26,30);1H. The Morgan fingerprint density at radius 3 is 2.47 bits per heavy atom. The van der Waals surface area contributed by atoms with Crippen LogP contribution in [0.25, 0.3) is 11.0 Å². The fraction of sp³-hybridized carbons (Fsp3) is 0.417. The quantitative estimate of drug-likeness (QED) is 0.652. The highest BCUT2D eigenvalue weighted by Crippen LogP contribution is 2.41. The number of aromatic nitrogens is 2. The maximum absolute atomic E-state index is 16.3. The van der Waals surface area contributed by atoms with Gasteiger partial charge in [0, 0.05) is 39.0 Å². The van der Waals surface area contributed by atoms with E-state index in [9.17, 15) is 9.59 Å². The third kappa shape index (κ3) is 3.63. The first kappa shape index (κ1) is 22.6. The lowest BCUT2D eigenvalue weighted by Gasteiger charge is -2.40. The van der Waals surface area contributed by atoms with E-state index in [2.05, 4.69) is 34.5 Å². The molecule has 1 aromatic heterocycles. The van der Waals surface area contributed by atoms with E-state index >= 15 is 4.39 Å². The van der Waals surface area contributed by atoms with Gasteiger partial charge in [0.2, 0.25) is 5.91 Å². The van der Waals surface area contributed by atoms with Crippen LogP contribution in [0.4, 0.5) is 4.39 Å². The lowest BCUT2D eigenvalue weighted by atomic mass is 9.98. The van der Waals surface area contributed by atoms with Gasteiger partial charge in [0.1, 0.15) is 6.54 Å². The molecule has 0 bridgehead atoms. The van der Waals surface area contributed by atoms with Crippen LogP contribution >= 0.6 is 12.4 Å². The van der Waals surface area contributed by atoms with Crippen molar-refractivity contribution in [3.8, 4) is 0 Å². The Hall–Kier alpha value is -2.64. The number of aryl methyl sites for hydroxylation is 1. The SMILES string of the molecule is CNC(=O)Cn1c(=O)n(C2(F)CCN(C3CCc4ccccc43)CC2)c2ccccc21.Cl. The summed E-state index contributed by atoms with van der Waals surface area (Å²) in [5.74, 6) is -2.05. The molecule has 1 fully saturated rings. The number of amides is 1. The number of likely N-dealkylation sites (N-methyl/N-ethyl adjacent to an activating group) is 1. The molecule has 3 aromatic rings. The van der Waals surface area contributed by atoms with Crippen molar-refractivity contribution < 1.29 is 9.18 Å². The van der Waals surface area contributed by atoms with Crippen molar-refractivity contribution in [2.45, 2.75) is 44.1 Å². The van der Waals surface area contributed by atoms with E-state index in [1.807, 2.05) is 0 Å². The fourth-order valence-corrected chi connectivity index (χ4v) is 5.29. The van der Waals surface area contributed by atoms with E-state index in [-0.39, 0.29) is 37.7 Å². The number of benzene rings is 2. The Balaban J connectivity index is 0.00000245. The first-order chi connectivity index (χ1) is 15.0. The van der Waals surface area contributed by atoms with Crippen molar-refractivity contribution >= 4 is 29.3 Å². The Labute approximate surface area is 192 Å². The monoisotopic (exact) mass is 458 g/mol. The average Bonchev–Trinajstić information content (AvgIpc) is 3.34. The van der Waals surface area contributed by atoms with Crippen molar-refractivity contribution in [2.24, 2.45) is 0 Å². The van der Waals surface area contributed by atoms with E-state index in [4.69, 9.17) is 0 Å². The molecule has 2 aliphatic rings. The average molecular weight is 459 g/mol. The first-order valence-corrected chi connectivity index (χ1v) is 10.9. The number of halogens is 2. The van der Waals surface area contributed by atoms with Gasteiger partial charge in [-0.05, 0) is 36.1 Å². The lowest BCUT2D eigenvalue weighted by Crippen LogP contribution is -2.48. The number of alkyl halides is 1. The van der Waals surface area contributed by atoms with Crippen LogP contribution in [-0.4, -0.2) is 40.1 Å². The summed E-state index contributed by atoms with van der Waals surface area (Å²) in [4.78, 5) is 27.6. The highest BCUT2D eigenvalue weighted by Gasteiger charge is 2.42. The zero-order chi connectivity index (χ0) is 21.6. The minimum atomic E-state index is -1.76. The number of hydrogen-bond donors (Lipinski definition) is 1. The van der Waals surface area contributed by atoms with Gasteiger partial charge in [0.15, 0.2) is 5.79 Å². The summed E-state index contributed by atoms with van der Waals surface area (Å²) >= 11 is 0. The van der Waals surface area contributed by atoms with Crippen LogP contribution in [-0.2, 0) is 23.6 Å². The van der Waals surface area contributed by atoms with Crippen LogP contribution in [0.15, 0.2) is 53.3 Å². The topological polar surface area (TPSA) is 59.3 Å². The molecule has 2 heterocycles. The number of imidazole rings is 1. The zero-order valence-electron chi connectivity index (χ0n) is 18.1. The van der Waals surface area contributed by atoms with E-state index in [0.717, 1.165) is 12.8 Å². The number of nitrogens with one attached hydrogen (secondary N) is 1. The number of rotatable bonds is 4. The largest absolute Gasteiger partial charge is 0.358 e. The van der Waals surface area contributed by atoms with E-state index in [1.165, 1.54) is 27.3 Å². The zero-order valence-corrected chi connectivity index (χ0v) is 18.9. The maximum atomic E-state index is 16.3. The second kappa shape index (κ2) is 8.71. The number of carbonyl (C=O) groups is 1. The maximum Gasteiger partial charge on any atom is 0.332 e. The number of hydrogen-bond acceptors (Lipinski definition) is 3. The summed E-state index contributed by atoms with van der Waals surface area (Å²) in [5, 5.41) is 2.54. The molecular weight excluding hydrogens is 431 g/mol. The van der Waals surface area contributed by atoms with Gasteiger partial charge in [-0.3, -0.25) is 18.8 Å². The molecule has 1 saturated heterocycles. The molecular formula is C24H28ClFN4O2. The van der Waals surface area contributed by atoms with Gasteiger partial charge >= 0.3 is 5.69 Å². The summed E-state index contributed by atoms with van der Waals surface area (Å²) in [6, 6.07) is 16.0. The molecule has 170 valence electrons. The highest BCUT2D eigenvalue weighted by atomic mass is 35.5. The van der Waals surface area contributed by atoms with Crippen molar-refractivity contribution in [1.82, 2.24) is 19.4 Å². The lowest BCUT2D eigenvalue weighted by molar-refractivity contribution is -0.121. The molecule has 0 saturated carbocycles. The Bertz CT molecular complexity index is 1200. The van der Waals surface area contributed by atoms with Crippen molar-refractivity contribution in [2.75, 3.05) is 20.1 Å². The Morgan fingerprint density at radius 2 is 1.75 bits per heavy atom. The molecule has 1 N–H and O–H groups in total. The van der Waals surface area contributed by atoms with Gasteiger partial charge in [-0.1, -0.05) is 36.4 Å². The number of nitrogens with zero attached hydrogens (tertiary/aromatic N) is 3. The summed E-state index contributed by atoms with van der Waals surface area (Å²) in [6.07, 6.45) is 2.62. The molecule has 1 atom stereocenters. The summed E-state index contributed by atoms with van der Waals surface area (Å²) < 4.78 is 19.0. The predicted molar refractivity (Wildman–Crippen MR) is 125 cm³/mol. The van der Waals surface area contributed by atoms with Crippen LogP contribution in [0.5, 0.6) is 0 Å². The first-order valence-electron chi connectivity index (χ1n) is 10.9.